The number of carboxylic acids is 1. The van der Waals surface area contributed by atoms with Gasteiger partial charge in [0.2, 0.25) is 0 Å². The molecule has 0 radical (unpaired) electrons. The van der Waals surface area contributed by atoms with E-state index in [-0.39, 0.29) is 18.4 Å². The van der Waals surface area contributed by atoms with Crippen molar-refractivity contribution in [2.24, 2.45) is 11.3 Å². The van der Waals surface area contributed by atoms with E-state index < -0.39 is 11.4 Å². The summed E-state index contributed by atoms with van der Waals surface area (Å²) in [5.41, 5.74) is -0.261. The molecule has 2 heterocycles. The SMILES string of the molecule is CC(C)C1(C(=O)O)CCN(C(=O)c2ccncc2)C1. The van der Waals surface area contributed by atoms with Crippen molar-refractivity contribution in [2.75, 3.05) is 13.1 Å². The molecule has 102 valence electrons. The summed E-state index contributed by atoms with van der Waals surface area (Å²) in [5.74, 6) is -0.932. The molecule has 0 spiro atoms. The number of carboxylic acid groups (broad SMARTS) is 1. The topological polar surface area (TPSA) is 70.5 Å². The van der Waals surface area contributed by atoms with Crippen molar-refractivity contribution in [3.05, 3.63) is 30.1 Å². The Labute approximate surface area is 112 Å². The molecule has 1 atom stereocenters. The van der Waals surface area contributed by atoms with Gasteiger partial charge in [-0.15, -0.1) is 0 Å². The van der Waals surface area contributed by atoms with Gasteiger partial charge in [-0.3, -0.25) is 14.6 Å². The molecule has 1 aliphatic heterocycles. The minimum absolute atomic E-state index is 0.000222. The molecule has 1 amide bonds. The van der Waals surface area contributed by atoms with Crippen molar-refractivity contribution in [1.82, 2.24) is 9.88 Å². The number of carbonyl (C=O) groups is 2. The fraction of sp³-hybridized carbons (Fsp3) is 0.500. The number of carbonyl (C=O) groups excluding carboxylic acids is 1. The minimum atomic E-state index is -0.817. The van der Waals surface area contributed by atoms with Gasteiger partial charge in [0.1, 0.15) is 0 Å². The Kier molecular flexibility index (Phi) is 3.55. The molecule has 1 saturated heterocycles. The van der Waals surface area contributed by atoms with Crippen LogP contribution in [0.5, 0.6) is 0 Å². The zero-order valence-electron chi connectivity index (χ0n) is 11.2. The molecular formula is C14H18N2O3. The van der Waals surface area contributed by atoms with Crippen LogP contribution in [0.15, 0.2) is 24.5 Å². The van der Waals surface area contributed by atoms with Crippen LogP contribution >= 0.6 is 0 Å². The maximum Gasteiger partial charge on any atom is 0.311 e. The summed E-state index contributed by atoms with van der Waals surface area (Å²) in [6, 6.07) is 3.30. The maximum atomic E-state index is 12.3. The molecule has 1 aromatic heterocycles. The molecule has 0 bridgehead atoms. The standard InChI is InChI=1S/C14H18N2O3/c1-10(2)14(13(18)19)5-8-16(9-14)12(17)11-3-6-15-7-4-11/h3-4,6-7,10H,5,8-9H2,1-2H3,(H,18,19). The molecule has 19 heavy (non-hydrogen) atoms. The zero-order valence-corrected chi connectivity index (χ0v) is 11.2. The second-order valence-electron chi connectivity index (χ2n) is 5.33. The van der Waals surface area contributed by atoms with Crippen LogP contribution in [0.1, 0.15) is 30.6 Å². The molecule has 1 aromatic rings. The molecule has 1 fully saturated rings. The Balaban J connectivity index is 2.18. The van der Waals surface area contributed by atoms with E-state index in [2.05, 4.69) is 4.98 Å². The van der Waals surface area contributed by atoms with E-state index in [1.54, 1.807) is 29.4 Å². The average Bonchev–Trinajstić information content (AvgIpc) is 2.85. The van der Waals surface area contributed by atoms with E-state index in [1.807, 2.05) is 13.8 Å². The van der Waals surface area contributed by atoms with Gasteiger partial charge in [-0.1, -0.05) is 13.8 Å². The summed E-state index contributed by atoms with van der Waals surface area (Å²) in [7, 11) is 0. The van der Waals surface area contributed by atoms with Crippen LogP contribution in [-0.4, -0.2) is 40.0 Å². The van der Waals surface area contributed by atoms with Crippen molar-refractivity contribution in [3.8, 4) is 0 Å². The Morgan fingerprint density at radius 3 is 2.47 bits per heavy atom. The van der Waals surface area contributed by atoms with Crippen molar-refractivity contribution < 1.29 is 14.7 Å². The first-order valence-electron chi connectivity index (χ1n) is 6.40. The van der Waals surface area contributed by atoms with E-state index >= 15 is 0 Å². The van der Waals surface area contributed by atoms with E-state index in [9.17, 15) is 14.7 Å². The number of rotatable bonds is 3. The zero-order chi connectivity index (χ0) is 14.0. The van der Waals surface area contributed by atoms with E-state index in [0.717, 1.165) is 0 Å². The van der Waals surface area contributed by atoms with Crippen LogP contribution in [0.2, 0.25) is 0 Å². The highest BCUT2D eigenvalue weighted by Gasteiger charge is 2.48. The summed E-state index contributed by atoms with van der Waals surface area (Å²) >= 11 is 0. The molecule has 5 nitrogen and oxygen atoms in total. The first-order chi connectivity index (χ1) is 8.97. The maximum absolute atomic E-state index is 12.3. The van der Waals surface area contributed by atoms with Gasteiger partial charge in [0.05, 0.1) is 5.41 Å². The number of pyridine rings is 1. The number of amides is 1. The van der Waals surface area contributed by atoms with Crippen molar-refractivity contribution in [2.45, 2.75) is 20.3 Å². The summed E-state index contributed by atoms with van der Waals surface area (Å²) in [6.07, 6.45) is 3.64. The van der Waals surface area contributed by atoms with Crippen molar-refractivity contribution in [3.63, 3.8) is 0 Å². The Bertz CT molecular complexity index is 487. The monoisotopic (exact) mass is 262 g/mol. The predicted molar refractivity (Wildman–Crippen MR) is 69.7 cm³/mol. The average molecular weight is 262 g/mol. The first-order valence-corrected chi connectivity index (χ1v) is 6.40. The van der Waals surface area contributed by atoms with Gasteiger partial charge < -0.3 is 10.0 Å². The lowest BCUT2D eigenvalue weighted by Crippen LogP contribution is -2.40. The highest BCUT2D eigenvalue weighted by atomic mass is 16.4. The third-order valence-corrected chi connectivity index (χ3v) is 4.05. The normalized spacial score (nSPS) is 22.8. The smallest absolute Gasteiger partial charge is 0.311 e. The second-order valence-corrected chi connectivity index (χ2v) is 5.33. The minimum Gasteiger partial charge on any atom is -0.481 e. The Morgan fingerprint density at radius 1 is 1.37 bits per heavy atom. The molecule has 5 heteroatoms. The van der Waals surface area contributed by atoms with Gasteiger partial charge in [0.25, 0.3) is 5.91 Å². The van der Waals surface area contributed by atoms with Gasteiger partial charge in [0, 0.05) is 31.0 Å². The van der Waals surface area contributed by atoms with Crippen LogP contribution in [0.4, 0.5) is 0 Å². The number of hydrogen-bond acceptors (Lipinski definition) is 3. The lowest BCUT2D eigenvalue weighted by Gasteiger charge is -2.28. The summed E-state index contributed by atoms with van der Waals surface area (Å²) in [6.45, 7) is 4.57. The van der Waals surface area contributed by atoms with Crippen LogP contribution < -0.4 is 0 Å². The fourth-order valence-corrected chi connectivity index (χ4v) is 2.58. The molecule has 1 N–H and O–H groups in total. The molecule has 0 saturated carbocycles. The highest BCUT2D eigenvalue weighted by Crippen LogP contribution is 2.38. The Morgan fingerprint density at radius 2 is 2.00 bits per heavy atom. The predicted octanol–water partition coefficient (Wildman–Crippen LogP) is 1.65. The first kappa shape index (κ1) is 13.5. The molecule has 2 rings (SSSR count). The van der Waals surface area contributed by atoms with Gasteiger partial charge in [-0.05, 0) is 24.5 Å². The number of likely N-dealkylation sites (tertiary alicyclic amines) is 1. The molecular weight excluding hydrogens is 244 g/mol. The molecule has 1 unspecified atom stereocenters. The van der Waals surface area contributed by atoms with E-state index in [1.165, 1.54) is 0 Å². The number of nitrogens with zero attached hydrogens (tertiary/aromatic N) is 2. The van der Waals surface area contributed by atoms with Gasteiger partial charge in [0.15, 0.2) is 0 Å². The van der Waals surface area contributed by atoms with Gasteiger partial charge in [-0.2, -0.15) is 0 Å². The summed E-state index contributed by atoms with van der Waals surface area (Å²) < 4.78 is 0. The fourth-order valence-electron chi connectivity index (χ4n) is 2.58. The van der Waals surface area contributed by atoms with Crippen LogP contribution in [0.3, 0.4) is 0 Å². The third kappa shape index (κ3) is 2.32. The van der Waals surface area contributed by atoms with Gasteiger partial charge >= 0.3 is 5.97 Å². The third-order valence-electron chi connectivity index (χ3n) is 4.05. The van der Waals surface area contributed by atoms with Gasteiger partial charge in [-0.25, -0.2) is 0 Å². The van der Waals surface area contributed by atoms with Crippen LogP contribution in [0, 0.1) is 11.3 Å². The van der Waals surface area contributed by atoms with Crippen molar-refractivity contribution >= 4 is 11.9 Å². The Hall–Kier alpha value is -1.91. The van der Waals surface area contributed by atoms with E-state index in [4.69, 9.17) is 0 Å². The van der Waals surface area contributed by atoms with Crippen LogP contribution in [0.25, 0.3) is 0 Å². The lowest BCUT2D eigenvalue weighted by atomic mass is 9.76. The number of hydrogen-bond donors (Lipinski definition) is 1. The largest absolute Gasteiger partial charge is 0.481 e. The molecule has 0 aliphatic carbocycles. The molecule has 0 aromatic carbocycles. The number of aliphatic carboxylic acids is 1. The quantitative estimate of drug-likeness (QED) is 0.899. The van der Waals surface area contributed by atoms with Crippen molar-refractivity contribution in [1.29, 1.82) is 0 Å². The number of aromatic nitrogens is 1. The van der Waals surface area contributed by atoms with Crippen LogP contribution in [-0.2, 0) is 4.79 Å². The molecule has 1 aliphatic rings. The van der Waals surface area contributed by atoms with E-state index in [0.29, 0.717) is 18.5 Å². The summed E-state index contributed by atoms with van der Waals surface area (Å²) in [4.78, 5) is 29.3. The second kappa shape index (κ2) is 4.99. The summed E-state index contributed by atoms with van der Waals surface area (Å²) in [5, 5.41) is 9.46. The lowest BCUT2D eigenvalue weighted by molar-refractivity contribution is -0.150. The highest BCUT2D eigenvalue weighted by molar-refractivity contribution is 5.94.